The Morgan fingerprint density at radius 3 is 2.65 bits per heavy atom. The van der Waals surface area contributed by atoms with Crippen molar-refractivity contribution in [2.45, 2.75) is 52.4 Å². The first kappa shape index (κ1) is 12.9. The Kier molecular flexibility index (Phi) is 4.11. The Morgan fingerprint density at radius 2 is 2.12 bits per heavy atom. The second-order valence-electron chi connectivity index (χ2n) is 6.43. The summed E-state index contributed by atoms with van der Waals surface area (Å²) in [6.07, 6.45) is 7.52. The minimum absolute atomic E-state index is 0.378. The summed E-state index contributed by atoms with van der Waals surface area (Å²) in [5.41, 5.74) is 0. The van der Waals surface area contributed by atoms with Crippen molar-refractivity contribution in [1.29, 1.82) is 0 Å². The highest BCUT2D eigenvalue weighted by Crippen LogP contribution is 2.49. The van der Waals surface area contributed by atoms with Crippen LogP contribution in [0.2, 0.25) is 0 Å². The standard InChI is InChI=1S/C15H27NO/c1-4-11(2)10-16(3)15(17)9-14-8-12-5-6-13(14)7-12/h11-14H,4-10H2,1-3H3/t11-,12+,13+,14+/m1/s1. The predicted octanol–water partition coefficient (Wildman–Crippen LogP) is 3.32. The topological polar surface area (TPSA) is 20.3 Å². The summed E-state index contributed by atoms with van der Waals surface area (Å²) in [5, 5.41) is 0. The fourth-order valence-corrected chi connectivity index (χ4v) is 3.71. The zero-order valence-corrected chi connectivity index (χ0v) is 11.6. The van der Waals surface area contributed by atoms with Crippen molar-refractivity contribution in [3.63, 3.8) is 0 Å². The van der Waals surface area contributed by atoms with Crippen LogP contribution in [-0.4, -0.2) is 24.4 Å². The fraction of sp³-hybridized carbons (Fsp3) is 0.933. The van der Waals surface area contributed by atoms with Crippen LogP contribution in [-0.2, 0) is 4.79 Å². The Labute approximate surface area is 106 Å². The Morgan fingerprint density at radius 1 is 1.35 bits per heavy atom. The van der Waals surface area contributed by atoms with E-state index in [2.05, 4.69) is 13.8 Å². The molecule has 0 heterocycles. The molecule has 2 nitrogen and oxygen atoms in total. The maximum Gasteiger partial charge on any atom is 0.222 e. The molecule has 0 unspecified atom stereocenters. The lowest BCUT2D eigenvalue weighted by molar-refractivity contribution is -0.131. The molecule has 0 aromatic rings. The maximum atomic E-state index is 12.2. The first-order valence-electron chi connectivity index (χ1n) is 7.34. The number of carbonyl (C=O) groups excluding carboxylic acids is 1. The van der Waals surface area contributed by atoms with Crippen LogP contribution in [0.25, 0.3) is 0 Å². The van der Waals surface area contributed by atoms with E-state index in [0.29, 0.717) is 17.7 Å². The summed E-state index contributed by atoms with van der Waals surface area (Å²) >= 11 is 0. The summed E-state index contributed by atoms with van der Waals surface area (Å²) in [4.78, 5) is 14.1. The van der Waals surface area contributed by atoms with Gasteiger partial charge in [-0.15, -0.1) is 0 Å². The van der Waals surface area contributed by atoms with Crippen LogP contribution in [0.4, 0.5) is 0 Å². The monoisotopic (exact) mass is 237 g/mol. The van der Waals surface area contributed by atoms with E-state index in [4.69, 9.17) is 0 Å². The van der Waals surface area contributed by atoms with Gasteiger partial charge in [0.15, 0.2) is 0 Å². The molecule has 17 heavy (non-hydrogen) atoms. The average molecular weight is 237 g/mol. The first-order valence-corrected chi connectivity index (χ1v) is 7.34. The van der Waals surface area contributed by atoms with Crippen molar-refractivity contribution < 1.29 is 4.79 Å². The van der Waals surface area contributed by atoms with Crippen LogP contribution in [0.1, 0.15) is 52.4 Å². The van der Waals surface area contributed by atoms with E-state index >= 15 is 0 Å². The second kappa shape index (κ2) is 5.41. The van der Waals surface area contributed by atoms with E-state index in [1.54, 1.807) is 0 Å². The summed E-state index contributed by atoms with van der Waals surface area (Å²) in [7, 11) is 1.97. The van der Waals surface area contributed by atoms with E-state index in [9.17, 15) is 4.79 Å². The molecular weight excluding hydrogens is 210 g/mol. The average Bonchev–Trinajstić information content (AvgIpc) is 2.90. The van der Waals surface area contributed by atoms with Gasteiger partial charge in [-0.1, -0.05) is 26.7 Å². The zero-order chi connectivity index (χ0) is 12.4. The maximum absolute atomic E-state index is 12.2. The molecule has 1 amide bonds. The third-order valence-corrected chi connectivity index (χ3v) is 5.03. The van der Waals surface area contributed by atoms with Crippen molar-refractivity contribution in [2.24, 2.45) is 23.7 Å². The summed E-state index contributed by atoms with van der Waals surface area (Å²) < 4.78 is 0. The van der Waals surface area contributed by atoms with Gasteiger partial charge in [-0.05, 0) is 42.9 Å². The van der Waals surface area contributed by atoms with Gasteiger partial charge in [-0.2, -0.15) is 0 Å². The molecule has 2 rings (SSSR count). The minimum Gasteiger partial charge on any atom is -0.345 e. The van der Waals surface area contributed by atoms with Gasteiger partial charge in [0.25, 0.3) is 0 Å². The van der Waals surface area contributed by atoms with Gasteiger partial charge in [-0.3, -0.25) is 4.79 Å². The highest BCUT2D eigenvalue weighted by Gasteiger charge is 2.40. The fourth-order valence-electron chi connectivity index (χ4n) is 3.71. The van der Waals surface area contributed by atoms with E-state index in [1.165, 1.54) is 25.7 Å². The lowest BCUT2D eigenvalue weighted by atomic mass is 9.86. The number of hydrogen-bond acceptors (Lipinski definition) is 1. The molecule has 0 aromatic heterocycles. The quantitative estimate of drug-likeness (QED) is 0.718. The highest BCUT2D eigenvalue weighted by atomic mass is 16.2. The van der Waals surface area contributed by atoms with Gasteiger partial charge in [0.2, 0.25) is 5.91 Å². The SMILES string of the molecule is CC[C@@H](C)CN(C)C(=O)C[C@@H]1C[C@H]2CC[C@H]1C2. The lowest BCUT2D eigenvalue weighted by Crippen LogP contribution is -2.33. The van der Waals surface area contributed by atoms with Crippen LogP contribution < -0.4 is 0 Å². The number of carbonyl (C=O) groups is 1. The number of amides is 1. The van der Waals surface area contributed by atoms with E-state index in [-0.39, 0.29) is 0 Å². The predicted molar refractivity (Wildman–Crippen MR) is 70.6 cm³/mol. The van der Waals surface area contributed by atoms with Crippen LogP contribution in [0.5, 0.6) is 0 Å². The summed E-state index contributed by atoms with van der Waals surface area (Å²) in [6, 6.07) is 0. The molecule has 0 N–H and O–H groups in total. The largest absolute Gasteiger partial charge is 0.345 e. The molecule has 2 heteroatoms. The molecule has 0 aromatic carbocycles. The van der Waals surface area contributed by atoms with Gasteiger partial charge >= 0.3 is 0 Å². The van der Waals surface area contributed by atoms with Crippen LogP contribution in [0, 0.1) is 23.7 Å². The van der Waals surface area contributed by atoms with Gasteiger partial charge in [0.05, 0.1) is 0 Å². The molecule has 4 atom stereocenters. The Hall–Kier alpha value is -0.530. The molecule has 0 radical (unpaired) electrons. The van der Waals surface area contributed by atoms with Crippen molar-refractivity contribution in [3.8, 4) is 0 Å². The molecular formula is C15H27NO. The van der Waals surface area contributed by atoms with Crippen LogP contribution in [0.15, 0.2) is 0 Å². The summed E-state index contributed by atoms with van der Waals surface area (Å²) in [6.45, 7) is 5.34. The normalized spacial score (nSPS) is 32.8. The number of hydrogen-bond donors (Lipinski definition) is 0. The summed E-state index contributed by atoms with van der Waals surface area (Å²) in [5.74, 6) is 3.55. The number of rotatable bonds is 5. The molecule has 0 saturated heterocycles. The molecule has 0 spiro atoms. The van der Waals surface area contributed by atoms with E-state index < -0.39 is 0 Å². The van der Waals surface area contributed by atoms with Gasteiger partial charge in [-0.25, -0.2) is 0 Å². The van der Waals surface area contributed by atoms with E-state index in [0.717, 1.165) is 31.2 Å². The van der Waals surface area contributed by atoms with Crippen LogP contribution >= 0.6 is 0 Å². The van der Waals surface area contributed by atoms with Gasteiger partial charge < -0.3 is 4.90 Å². The molecule has 2 fully saturated rings. The van der Waals surface area contributed by atoms with Crippen LogP contribution in [0.3, 0.4) is 0 Å². The number of nitrogens with zero attached hydrogens (tertiary/aromatic N) is 1. The minimum atomic E-state index is 0.378. The van der Waals surface area contributed by atoms with Gasteiger partial charge in [0, 0.05) is 20.0 Å². The molecule has 0 aliphatic heterocycles. The van der Waals surface area contributed by atoms with Crippen molar-refractivity contribution in [1.82, 2.24) is 4.90 Å². The lowest BCUT2D eigenvalue weighted by Gasteiger charge is -2.25. The van der Waals surface area contributed by atoms with E-state index in [1.807, 2.05) is 11.9 Å². The third kappa shape index (κ3) is 3.02. The van der Waals surface area contributed by atoms with Crippen molar-refractivity contribution >= 4 is 5.91 Å². The van der Waals surface area contributed by atoms with Crippen molar-refractivity contribution in [2.75, 3.05) is 13.6 Å². The molecule has 2 aliphatic carbocycles. The van der Waals surface area contributed by atoms with Crippen molar-refractivity contribution in [3.05, 3.63) is 0 Å². The first-order chi connectivity index (χ1) is 8.10. The van der Waals surface area contributed by atoms with Gasteiger partial charge in [0.1, 0.15) is 0 Å². The molecule has 2 saturated carbocycles. The highest BCUT2D eigenvalue weighted by molar-refractivity contribution is 5.76. The molecule has 2 aliphatic rings. The Bertz CT molecular complexity index is 276. The molecule has 2 bridgehead atoms. The third-order valence-electron chi connectivity index (χ3n) is 5.03. The zero-order valence-electron chi connectivity index (χ0n) is 11.6. The molecule has 98 valence electrons. The number of fused-ring (bicyclic) bond motifs is 2. The smallest absolute Gasteiger partial charge is 0.222 e. The Balaban J connectivity index is 1.77. The second-order valence-corrected chi connectivity index (χ2v) is 6.43.